The molecule has 0 saturated heterocycles. The van der Waals surface area contributed by atoms with Crippen LogP contribution in [0.5, 0.6) is 0 Å². The summed E-state index contributed by atoms with van der Waals surface area (Å²) in [6.07, 6.45) is 7.30. The quantitative estimate of drug-likeness (QED) is 0.797. The molecule has 2 rings (SSSR count). The van der Waals surface area contributed by atoms with Crippen LogP contribution in [-0.2, 0) is 13.0 Å². The topological polar surface area (TPSA) is 29.9 Å². The lowest BCUT2D eigenvalue weighted by Gasteiger charge is -2.19. The van der Waals surface area contributed by atoms with Gasteiger partial charge in [-0.1, -0.05) is 31.2 Å². The highest BCUT2D eigenvalue weighted by molar-refractivity contribution is 5.25. The number of benzene rings is 1. The Labute approximate surface area is 128 Å². The van der Waals surface area contributed by atoms with Crippen LogP contribution in [-0.4, -0.2) is 16.1 Å². The summed E-state index contributed by atoms with van der Waals surface area (Å²) >= 11 is 0. The summed E-state index contributed by atoms with van der Waals surface area (Å²) in [6, 6.07) is 8.99. The third-order valence-electron chi connectivity index (χ3n) is 4.00. The minimum Gasteiger partial charge on any atom is -0.334 e. The Morgan fingerprint density at radius 1 is 1.24 bits per heavy atom. The van der Waals surface area contributed by atoms with E-state index in [-0.39, 0.29) is 0 Å². The van der Waals surface area contributed by atoms with Crippen molar-refractivity contribution in [3.8, 4) is 0 Å². The van der Waals surface area contributed by atoms with Crippen LogP contribution in [0.3, 0.4) is 0 Å². The summed E-state index contributed by atoms with van der Waals surface area (Å²) in [4.78, 5) is 4.58. The Morgan fingerprint density at radius 3 is 2.76 bits per heavy atom. The number of rotatable bonds is 8. The van der Waals surface area contributed by atoms with Gasteiger partial charge in [0, 0.05) is 18.9 Å². The number of nitrogens with one attached hydrogen (secondary N) is 1. The zero-order valence-corrected chi connectivity index (χ0v) is 13.5. The van der Waals surface area contributed by atoms with Crippen LogP contribution < -0.4 is 5.32 Å². The SMILES string of the molecule is CCCNC(CCc1ccccc1C)c1nccn1CC. The van der Waals surface area contributed by atoms with Gasteiger partial charge in [-0.2, -0.15) is 0 Å². The second kappa shape index (κ2) is 7.99. The van der Waals surface area contributed by atoms with Gasteiger partial charge >= 0.3 is 0 Å². The van der Waals surface area contributed by atoms with Crippen molar-refractivity contribution in [2.75, 3.05) is 6.54 Å². The summed E-state index contributed by atoms with van der Waals surface area (Å²) in [6.45, 7) is 8.58. The van der Waals surface area contributed by atoms with Gasteiger partial charge in [-0.15, -0.1) is 0 Å². The Kier molecular flexibility index (Phi) is 6.00. The molecule has 1 N–H and O–H groups in total. The van der Waals surface area contributed by atoms with Crippen molar-refractivity contribution >= 4 is 0 Å². The van der Waals surface area contributed by atoms with Crippen LogP contribution >= 0.6 is 0 Å². The molecule has 1 atom stereocenters. The average Bonchev–Trinajstić information content (AvgIpc) is 2.97. The highest BCUT2D eigenvalue weighted by Gasteiger charge is 2.16. The van der Waals surface area contributed by atoms with Gasteiger partial charge < -0.3 is 9.88 Å². The fourth-order valence-electron chi connectivity index (χ4n) is 2.73. The molecule has 1 unspecified atom stereocenters. The smallest absolute Gasteiger partial charge is 0.125 e. The van der Waals surface area contributed by atoms with Crippen LogP contribution in [0, 0.1) is 6.92 Å². The molecule has 0 fully saturated rings. The van der Waals surface area contributed by atoms with E-state index in [9.17, 15) is 0 Å². The lowest BCUT2D eigenvalue weighted by molar-refractivity contribution is 0.458. The number of nitrogens with zero attached hydrogens (tertiary/aromatic N) is 2. The minimum absolute atomic E-state index is 0.333. The second-order valence-electron chi connectivity index (χ2n) is 5.54. The predicted molar refractivity (Wildman–Crippen MR) is 88.4 cm³/mol. The first-order chi connectivity index (χ1) is 10.3. The standard InChI is InChI=1S/C18H27N3/c1-4-12-19-17(18-20-13-14-21(18)5-2)11-10-16-9-7-6-8-15(16)3/h6-9,13-14,17,19H,4-5,10-12H2,1-3H3. The maximum absolute atomic E-state index is 4.58. The van der Waals surface area contributed by atoms with E-state index < -0.39 is 0 Å². The molecule has 1 aromatic carbocycles. The van der Waals surface area contributed by atoms with Crippen molar-refractivity contribution in [1.29, 1.82) is 0 Å². The number of hydrogen-bond donors (Lipinski definition) is 1. The molecule has 0 saturated carbocycles. The first kappa shape index (κ1) is 15.8. The summed E-state index contributed by atoms with van der Waals surface area (Å²) in [7, 11) is 0. The van der Waals surface area contributed by atoms with E-state index in [2.05, 4.69) is 66.1 Å². The van der Waals surface area contributed by atoms with Gasteiger partial charge in [-0.3, -0.25) is 0 Å². The first-order valence-corrected chi connectivity index (χ1v) is 8.05. The van der Waals surface area contributed by atoms with Crippen molar-refractivity contribution in [3.05, 3.63) is 53.6 Å². The van der Waals surface area contributed by atoms with Crippen LogP contribution in [0.25, 0.3) is 0 Å². The third-order valence-corrected chi connectivity index (χ3v) is 4.00. The number of hydrogen-bond acceptors (Lipinski definition) is 2. The highest BCUT2D eigenvalue weighted by Crippen LogP contribution is 2.19. The van der Waals surface area contributed by atoms with Gasteiger partial charge in [0.15, 0.2) is 0 Å². The Bertz CT molecular complexity index is 545. The Morgan fingerprint density at radius 2 is 2.05 bits per heavy atom. The summed E-state index contributed by atoms with van der Waals surface area (Å²) in [5.41, 5.74) is 2.82. The number of imidazole rings is 1. The molecule has 1 aromatic heterocycles. The average molecular weight is 285 g/mol. The molecule has 0 bridgehead atoms. The van der Waals surface area contributed by atoms with Crippen molar-refractivity contribution < 1.29 is 0 Å². The van der Waals surface area contributed by atoms with E-state index in [0.29, 0.717) is 6.04 Å². The van der Waals surface area contributed by atoms with Gasteiger partial charge in [0.25, 0.3) is 0 Å². The zero-order chi connectivity index (χ0) is 15.1. The maximum atomic E-state index is 4.58. The summed E-state index contributed by atoms with van der Waals surface area (Å²) in [5, 5.41) is 3.65. The van der Waals surface area contributed by atoms with Gasteiger partial charge in [0.2, 0.25) is 0 Å². The van der Waals surface area contributed by atoms with Crippen LogP contribution in [0.4, 0.5) is 0 Å². The molecular weight excluding hydrogens is 258 g/mol. The molecule has 2 aromatic rings. The molecule has 3 nitrogen and oxygen atoms in total. The monoisotopic (exact) mass is 285 g/mol. The molecule has 21 heavy (non-hydrogen) atoms. The highest BCUT2D eigenvalue weighted by atomic mass is 15.1. The van der Waals surface area contributed by atoms with Gasteiger partial charge in [-0.25, -0.2) is 4.98 Å². The molecule has 114 valence electrons. The second-order valence-corrected chi connectivity index (χ2v) is 5.54. The Hall–Kier alpha value is -1.61. The van der Waals surface area contributed by atoms with E-state index in [0.717, 1.165) is 32.4 Å². The lowest BCUT2D eigenvalue weighted by atomic mass is 10.0. The summed E-state index contributed by atoms with van der Waals surface area (Å²) in [5.74, 6) is 1.17. The van der Waals surface area contributed by atoms with Gasteiger partial charge in [0.05, 0.1) is 6.04 Å². The first-order valence-electron chi connectivity index (χ1n) is 8.05. The minimum atomic E-state index is 0.333. The fourth-order valence-corrected chi connectivity index (χ4v) is 2.73. The molecule has 0 aliphatic heterocycles. The van der Waals surface area contributed by atoms with Crippen LogP contribution in [0.15, 0.2) is 36.7 Å². The van der Waals surface area contributed by atoms with Gasteiger partial charge in [0.1, 0.15) is 5.82 Å². The van der Waals surface area contributed by atoms with E-state index in [1.807, 2.05) is 6.20 Å². The van der Waals surface area contributed by atoms with Crippen LogP contribution in [0.1, 0.15) is 49.7 Å². The van der Waals surface area contributed by atoms with Crippen molar-refractivity contribution in [2.45, 2.75) is 52.6 Å². The van der Waals surface area contributed by atoms with Crippen molar-refractivity contribution in [3.63, 3.8) is 0 Å². The molecule has 1 heterocycles. The molecule has 0 aliphatic carbocycles. The third kappa shape index (κ3) is 4.18. The normalized spacial score (nSPS) is 12.5. The predicted octanol–water partition coefficient (Wildman–Crippen LogP) is 3.88. The number of aryl methyl sites for hydroxylation is 3. The largest absolute Gasteiger partial charge is 0.334 e. The lowest BCUT2D eigenvalue weighted by Crippen LogP contribution is -2.25. The Balaban J connectivity index is 2.08. The van der Waals surface area contributed by atoms with Crippen molar-refractivity contribution in [1.82, 2.24) is 14.9 Å². The molecule has 0 radical (unpaired) electrons. The zero-order valence-electron chi connectivity index (χ0n) is 13.5. The maximum Gasteiger partial charge on any atom is 0.125 e. The van der Waals surface area contributed by atoms with E-state index >= 15 is 0 Å². The van der Waals surface area contributed by atoms with Crippen LogP contribution in [0.2, 0.25) is 0 Å². The van der Waals surface area contributed by atoms with E-state index in [1.54, 1.807) is 0 Å². The van der Waals surface area contributed by atoms with Crippen molar-refractivity contribution in [2.24, 2.45) is 0 Å². The number of aromatic nitrogens is 2. The fraction of sp³-hybridized carbons (Fsp3) is 0.500. The molecule has 0 amide bonds. The molecular formula is C18H27N3. The molecule has 0 aliphatic rings. The van der Waals surface area contributed by atoms with E-state index in [1.165, 1.54) is 17.0 Å². The molecule has 0 spiro atoms. The molecule has 3 heteroatoms. The summed E-state index contributed by atoms with van der Waals surface area (Å²) < 4.78 is 2.24. The van der Waals surface area contributed by atoms with Gasteiger partial charge in [-0.05, 0) is 50.8 Å². The van der Waals surface area contributed by atoms with E-state index in [4.69, 9.17) is 0 Å².